The van der Waals surface area contributed by atoms with Crippen molar-refractivity contribution in [3.8, 4) is 0 Å². The van der Waals surface area contributed by atoms with Crippen molar-refractivity contribution in [1.82, 2.24) is 10.3 Å². The van der Waals surface area contributed by atoms with Gasteiger partial charge < -0.3 is 14.6 Å². The summed E-state index contributed by atoms with van der Waals surface area (Å²) in [5.41, 5.74) is 6.54. The van der Waals surface area contributed by atoms with Gasteiger partial charge in [0, 0.05) is 25.2 Å². The third-order valence-electron chi connectivity index (χ3n) is 3.63. The Morgan fingerprint density at radius 1 is 1.14 bits per heavy atom. The molecule has 6 nitrogen and oxygen atoms in total. The molecule has 0 aliphatic heterocycles. The van der Waals surface area contributed by atoms with Crippen molar-refractivity contribution < 1.29 is 9.21 Å². The zero-order valence-electron chi connectivity index (χ0n) is 16.4. The number of carbonyl (C=O) groups is 1. The van der Waals surface area contributed by atoms with Crippen molar-refractivity contribution in [3.63, 3.8) is 0 Å². The van der Waals surface area contributed by atoms with E-state index < -0.39 is 0 Å². The fraction of sp³-hybridized carbons (Fsp3) is 0.190. The first-order valence-electron chi connectivity index (χ1n) is 8.67. The Labute approximate surface area is 170 Å². The number of anilines is 1. The van der Waals surface area contributed by atoms with Crippen molar-refractivity contribution in [3.05, 3.63) is 65.9 Å². The Kier molecular flexibility index (Phi) is 7.71. The molecule has 1 amide bonds. The molecule has 0 radical (unpaired) electrons. The van der Waals surface area contributed by atoms with Crippen LogP contribution >= 0.6 is 12.2 Å². The maximum absolute atomic E-state index is 9.43. The molecular weight excluding hydrogens is 372 g/mol. The predicted molar refractivity (Wildman–Crippen MR) is 119 cm³/mol. The van der Waals surface area contributed by atoms with Crippen LogP contribution in [0.5, 0.6) is 0 Å². The van der Waals surface area contributed by atoms with Crippen molar-refractivity contribution in [2.24, 2.45) is 5.10 Å². The summed E-state index contributed by atoms with van der Waals surface area (Å²) in [6.45, 7) is 3.92. The van der Waals surface area contributed by atoms with Gasteiger partial charge in [-0.15, -0.1) is 0 Å². The molecule has 0 spiro atoms. The molecule has 1 aromatic heterocycles. The lowest BCUT2D eigenvalue weighted by atomic mass is 10.2. The normalized spacial score (nSPS) is 10.6. The summed E-state index contributed by atoms with van der Waals surface area (Å²) < 4.78 is 5.76. The standard InChI is InChI=1S/C18H17N3OS.C3H7NO/c1-12-7-9-15(10-8-12)19-18(23)21-20-13(2)17-11-14-5-3-4-6-16(14)22-17;1-4(2)3-5/h3-11H,1-2H3,(H2,19,21,23);3H,1-2H3/b20-13+;. The average molecular weight is 397 g/mol. The number of benzene rings is 2. The molecule has 2 aromatic carbocycles. The van der Waals surface area contributed by atoms with Crippen LogP contribution in [-0.2, 0) is 4.79 Å². The van der Waals surface area contributed by atoms with Crippen molar-refractivity contribution in [2.75, 3.05) is 19.4 Å². The quantitative estimate of drug-likeness (QED) is 0.300. The molecule has 28 heavy (non-hydrogen) atoms. The monoisotopic (exact) mass is 396 g/mol. The molecule has 146 valence electrons. The fourth-order valence-corrected chi connectivity index (χ4v) is 2.31. The van der Waals surface area contributed by atoms with Gasteiger partial charge in [-0.25, -0.2) is 0 Å². The number of rotatable bonds is 4. The minimum atomic E-state index is 0.435. The summed E-state index contributed by atoms with van der Waals surface area (Å²) in [5, 5.41) is 8.85. The minimum absolute atomic E-state index is 0.435. The predicted octanol–water partition coefficient (Wildman–Crippen LogP) is 4.16. The van der Waals surface area contributed by atoms with Crippen molar-refractivity contribution >= 4 is 46.1 Å². The highest BCUT2D eigenvalue weighted by molar-refractivity contribution is 7.80. The smallest absolute Gasteiger partial charge is 0.209 e. The molecular formula is C21H24N4O2S. The van der Waals surface area contributed by atoms with Gasteiger partial charge in [-0.2, -0.15) is 5.10 Å². The van der Waals surface area contributed by atoms with Gasteiger partial charge in [-0.3, -0.25) is 10.2 Å². The van der Waals surface area contributed by atoms with Crippen LogP contribution in [0.25, 0.3) is 11.0 Å². The van der Waals surface area contributed by atoms with Crippen LogP contribution < -0.4 is 10.7 Å². The van der Waals surface area contributed by atoms with E-state index in [0.29, 0.717) is 5.11 Å². The van der Waals surface area contributed by atoms with E-state index >= 15 is 0 Å². The summed E-state index contributed by atoms with van der Waals surface area (Å²) in [7, 11) is 3.38. The Balaban J connectivity index is 0.000000500. The van der Waals surface area contributed by atoms with Gasteiger partial charge in [0.05, 0.1) is 0 Å². The zero-order chi connectivity index (χ0) is 20.5. The lowest BCUT2D eigenvalue weighted by Crippen LogP contribution is -2.24. The van der Waals surface area contributed by atoms with Crippen LogP contribution in [0.3, 0.4) is 0 Å². The fourth-order valence-electron chi connectivity index (χ4n) is 2.15. The highest BCUT2D eigenvalue weighted by Crippen LogP contribution is 2.19. The van der Waals surface area contributed by atoms with Gasteiger partial charge in [0.1, 0.15) is 11.3 Å². The second-order valence-corrected chi connectivity index (χ2v) is 6.75. The summed E-state index contributed by atoms with van der Waals surface area (Å²) >= 11 is 5.24. The zero-order valence-corrected chi connectivity index (χ0v) is 17.2. The van der Waals surface area contributed by atoms with Crippen LogP contribution in [0, 0.1) is 6.92 Å². The van der Waals surface area contributed by atoms with Crippen molar-refractivity contribution in [1.29, 1.82) is 0 Å². The summed E-state index contributed by atoms with van der Waals surface area (Å²) in [4.78, 5) is 10.9. The van der Waals surface area contributed by atoms with E-state index in [1.54, 1.807) is 14.1 Å². The SMILES string of the molecule is C/C(=N\NC(=S)Nc1ccc(C)cc1)c1cc2ccccc2o1.CN(C)C=O. The van der Waals surface area contributed by atoms with Gasteiger partial charge in [-0.1, -0.05) is 35.9 Å². The number of nitrogens with one attached hydrogen (secondary N) is 2. The lowest BCUT2D eigenvalue weighted by Gasteiger charge is -2.07. The van der Waals surface area contributed by atoms with Gasteiger partial charge in [0.2, 0.25) is 6.41 Å². The second kappa shape index (κ2) is 10.2. The van der Waals surface area contributed by atoms with Crippen molar-refractivity contribution in [2.45, 2.75) is 13.8 Å². The van der Waals surface area contributed by atoms with E-state index in [4.69, 9.17) is 16.6 Å². The maximum atomic E-state index is 9.43. The number of para-hydroxylation sites is 1. The third kappa shape index (κ3) is 6.51. The number of amides is 1. The average Bonchev–Trinajstić information content (AvgIpc) is 3.12. The maximum Gasteiger partial charge on any atom is 0.209 e. The van der Waals surface area contributed by atoms with E-state index in [0.717, 1.165) is 34.5 Å². The van der Waals surface area contributed by atoms with Gasteiger partial charge in [0.25, 0.3) is 0 Å². The Morgan fingerprint density at radius 3 is 2.39 bits per heavy atom. The second-order valence-electron chi connectivity index (χ2n) is 6.35. The Hall–Kier alpha value is -3.19. The number of hydrazone groups is 1. The molecule has 0 atom stereocenters. The number of nitrogens with zero attached hydrogens (tertiary/aromatic N) is 2. The molecule has 7 heteroatoms. The van der Waals surface area contributed by atoms with E-state index in [9.17, 15) is 4.79 Å². The third-order valence-corrected chi connectivity index (χ3v) is 3.82. The molecule has 0 aliphatic rings. The van der Waals surface area contributed by atoms with E-state index in [2.05, 4.69) is 15.8 Å². The van der Waals surface area contributed by atoms with Crippen LogP contribution in [0.2, 0.25) is 0 Å². The summed E-state index contributed by atoms with van der Waals surface area (Å²) in [6.07, 6.45) is 0.750. The molecule has 0 bridgehead atoms. The highest BCUT2D eigenvalue weighted by Gasteiger charge is 2.06. The first-order valence-corrected chi connectivity index (χ1v) is 9.08. The number of hydrogen-bond acceptors (Lipinski definition) is 4. The van der Waals surface area contributed by atoms with Gasteiger partial charge >= 0.3 is 0 Å². The molecule has 0 fully saturated rings. The van der Waals surface area contributed by atoms with Gasteiger partial charge in [-0.05, 0) is 50.3 Å². The summed E-state index contributed by atoms with van der Waals surface area (Å²) in [5.74, 6) is 0.719. The molecule has 0 aliphatic carbocycles. The van der Waals surface area contributed by atoms with E-state index in [-0.39, 0.29) is 0 Å². The summed E-state index contributed by atoms with van der Waals surface area (Å²) in [6, 6.07) is 17.8. The number of carbonyl (C=O) groups excluding carboxylic acids is 1. The number of fused-ring (bicyclic) bond motifs is 1. The van der Waals surface area contributed by atoms with Crippen LogP contribution in [-0.4, -0.2) is 36.2 Å². The molecule has 3 rings (SSSR count). The Morgan fingerprint density at radius 2 is 1.79 bits per heavy atom. The van der Waals surface area contributed by atoms with Crippen LogP contribution in [0.4, 0.5) is 5.69 Å². The van der Waals surface area contributed by atoms with Crippen LogP contribution in [0.15, 0.2) is 64.1 Å². The van der Waals surface area contributed by atoms with E-state index in [1.807, 2.05) is 68.4 Å². The largest absolute Gasteiger partial charge is 0.455 e. The van der Waals surface area contributed by atoms with Gasteiger partial charge in [0.15, 0.2) is 10.9 Å². The highest BCUT2D eigenvalue weighted by atomic mass is 32.1. The van der Waals surface area contributed by atoms with E-state index in [1.165, 1.54) is 10.5 Å². The molecule has 1 heterocycles. The minimum Gasteiger partial charge on any atom is -0.455 e. The first kappa shape index (κ1) is 21.1. The molecule has 0 saturated carbocycles. The molecule has 3 aromatic rings. The topological polar surface area (TPSA) is 69.9 Å². The number of furan rings is 1. The first-order chi connectivity index (χ1) is 13.4. The molecule has 2 N–H and O–H groups in total. The Bertz CT molecular complexity index is 929. The van der Waals surface area contributed by atoms with Crippen LogP contribution in [0.1, 0.15) is 18.2 Å². The molecule has 0 unspecified atom stereocenters. The number of thiocarbonyl (C=S) groups is 1. The molecule has 0 saturated heterocycles. The number of aryl methyl sites for hydroxylation is 1. The number of hydrogen-bond donors (Lipinski definition) is 2. The lowest BCUT2D eigenvalue weighted by molar-refractivity contribution is -0.115.